The lowest BCUT2D eigenvalue weighted by Crippen LogP contribution is -2.32. The van der Waals surface area contributed by atoms with Crippen molar-refractivity contribution in [2.75, 3.05) is 13.1 Å². The van der Waals surface area contributed by atoms with E-state index in [0.29, 0.717) is 6.61 Å². The van der Waals surface area contributed by atoms with E-state index in [1.54, 1.807) is 0 Å². The highest BCUT2D eigenvalue weighted by molar-refractivity contribution is 9.10. The van der Waals surface area contributed by atoms with Crippen molar-refractivity contribution >= 4 is 15.9 Å². The number of hydrogen-bond donors (Lipinski definition) is 0. The second kappa shape index (κ2) is 7.98. The first-order chi connectivity index (χ1) is 11.2. The summed E-state index contributed by atoms with van der Waals surface area (Å²) < 4.78 is 7.03. The lowest BCUT2D eigenvalue weighted by Gasteiger charge is -2.30. The molecule has 3 rings (SSSR count). The third kappa shape index (κ3) is 4.82. The summed E-state index contributed by atoms with van der Waals surface area (Å²) in [6.07, 6.45) is 2.63. The zero-order chi connectivity index (χ0) is 16.1. The fourth-order valence-electron chi connectivity index (χ4n) is 2.95. The molecule has 122 valence electrons. The second-order valence-corrected chi connectivity index (χ2v) is 7.34. The van der Waals surface area contributed by atoms with Gasteiger partial charge in [0.25, 0.3) is 0 Å². The smallest absolute Gasteiger partial charge is 0.120 e. The maximum atomic E-state index is 5.89. The van der Waals surface area contributed by atoms with Crippen LogP contribution in [0.5, 0.6) is 5.75 Å². The van der Waals surface area contributed by atoms with E-state index >= 15 is 0 Å². The predicted octanol–water partition coefficient (Wildman–Crippen LogP) is 5.26. The van der Waals surface area contributed by atoms with E-state index in [1.807, 2.05) is 18.2 Å². The summed E-state index contributed by atoms with van der Waals surface area (Å²) in [5.74, 6) is 1.79. The van der Waals surface area contributed by atoms with E-state index in [1.165, 1.54) is 37.1 Å². The quantitative estimate of drug-likeness (QED) is 0.708. The van der Waals surface area contributed by atoms with Crippen LogP contribution < -0.4 is 4.74 Å². The van der Waals surface area contributed by atoms with Gasteiger partial charge in [-0.2, -0.15) is 0 Å². The molecule has 0 aliphatic carbocycles. The number of halogens is 1. The summed E-state index contributed by atoms with van der Waals surface area (Å²) in [4.78, 5) is 2.55. The molecule has 1 aliphatic heterocycles. The van der Waals surface area contributed by atoms with Crippen molar-refractivity contribution in [3.63, 3.8) is 0 Å². The van der Waals surface area contributed by atoms with E-state index in [2.05, 4.69) is 58.1 Å². The van der Waals surface area contributed by atoms with Crippen LogP contribution in [0.2, 0.25) is 0 Å². The van der Waals surface area contributed by atoms with Gasteiger partial charge in [0, 0.05) is 11.0 Å². The summed E-state index contributed by atoms with van der Waals surface area (Å²) in [6, 6.07) is 16.6. The topological polar surface area (TPSA) is 12.5 Å². The van der Waals surface area contributed by atoms with Gasteiger partial charge in [-0.05, 0) is 55.1 Å². The summed E-state index contributed by atoms with van der Waals surface area (Å²) in [7, 11) is 0. The summed E-state index contributed by atoms with van der Waals surface area (Å²) >= 11 is 3.71. The Morgan fingerprint density at radius 2 is 1.83 bits per heavy atom. The van der Waals surface area contributed by atoms with Gasteiger partial charge in [0.2, 0.25) is 0 Å². The number of likely N-dealkylation sites (tertiary alicyclic amines) is 1. The minimum Gasteiger partial charge on any atom is -0.489 e. The molecule has 0 amide bonds. The van der Waals surface area contributed by atoms with Crippen molar-refractivity contribution in [3.05, 3.63) is 64.1 Å². The SMILES string of the molecule is CC1CCN(Cc2ccc(OCc3ccccc3)cc2Br)CC1. The molecule has 0 spiro atoms. The van der Waals surface area contributed by atoms with Crippen molar-refractivity contribution in [3.8, 4) is 5.75 Å². The summed E-state index contributed by atoms with van der Waals surface area (Å²) in [6.45, 7) is 6.40. The Morgan fingerprint density at radius 1 is 1.09 bits per heavy atom. The molecule has 2 aromatic carbocycles. The molecule has 2 aromatic rings. The normalized spacial score (nSPS) is 16.4. The Morgan fingerprint density at radius 3 is 2.52 bits per heavy atom. The molecule has 1 heterocycles. The standard InChI is InChI=1S/C20H24BrNO/c1-16-9-11-22(12-10-16)14-18-7-8-19(13-20(18)21)23-15-17-5-3-2-4-6-17/h2-8,13,16H,9-12,14-15H2,1H3. The molecule has 1 saturated heterocycles. The van der Waals surface area contributed by atoms with Crippen LogP contribution >= 0.6 is 15.9 Å². The number of ether oxygens (including phenoxy) is 1. The van der Waals surface area contributed by atoms with E-state index in [-0.39, 0.29) is 0 Å². The molecule has 0 radical (unpaired) electrons. The lowest BCUT2D eigenvalue weighted by atomic mass is 9.99. The molecule has 23 heavy (non-hydrogen) atoms. The second-order valence-electron chi connectivity index (χ2n) is 6.49. The van der Waals surface area contributed by atoms with Gasteiger partial charge < -0.3 is 4.74 Å². The maximum Gasteiger partial charge on any atom is 0.120 e. The fraction of sp³-hybridized carbons (Fsp3) is 0.400. The minimum absolute atomic E-state index is 0.608. The van der Waals surface area contributed by atoms with Crippen LogP contribution in [-0.4, -0.2) is 18.0 Å². The Kier molecular flexibility index (Phi) is 5.74. The van der Waals surface area contributed by atoms with Crippen molar-refractivity contribution in [1.82, 2.24) is 4.90 Å². The van der Waals surface area contributed by atoms with Crippen LogP contribution in [0.4, 0.5) is 0 Å². The van der Waals surface area contributed by atoms with E-state index in [4.69, 9.17) is 4.74 Å². The molecule has 0 atom stereocenters. The highest BCUT2D eigenvalue weighted by atomic mass is 79.9. The molecule has 3 heteroatoms. The van der Waals surface area contributed by atoms with Crippen LogP contribution in [0.15, 0.2) is 53.0 Å². The zero-order valence-corrected chi connectivity index (χ0v) is 15.3. The largest absolute Gasteiger partial charge is 0.489 e. The van der Waals surface area contributed by atoms with Crippen LogP contribution in [0, 0.1) is 5.92 Å². The van der Waals surface area contributed by atoms with E-state index in [0.717, 1.165) is 22.7 Å². The van der Waals surface area contributed by atoms with Crippen molar-refractivity contribution < 1.29 is 4.74 Å². The first-order valence-electron chi connectivity index (χ1n) is 8.38. The molecule has 0 saturated carbocycles. The van der Waals surface area contributed by atoms with Crippen molar-refractivity contribution in [1.29, 1.82) is 0 Å². The van der Waals surface area contributed by atoms with Gasteiger partial charge in [-0.25, -0.2) is 0 Å². The van der Waals surface area contributed by atoms with Crippen LogP contribution in [-0.2, 0) is 13.2 Å². The lowest BCUT2D eigenvalue weighted by molar-refractivity contribution is 0.185. The number of rotatable bonds is 5. The average Bonchev–Trinajstić information content (AvgIpc) is 2.58. The number of hydrogen-bond acceptors (Lipinski definition) is 2. The first kappa shape index (κ1) is 16.5. The zero-order valence-electron chi connectivity index (χ0n) is 13.7. The molecule has 1 fully saturated rings. The monoisotopic (exact) mass is 373 g/mol. The third-order valence-corrected chi connectivity index (χ3v) is 5.28. The molecular formula is C20H24BrNO. The maximum absolute atomic E-state index is 5.89. The molecule has 1 aliphatic rings. The van der Waals surface area contributed by atoms with Gasteiger partial charge >= 0.3 is 0 Å². The van der Waals surface area contributed by atoms with Gasteiger partial charge in [0.15, 0.2) is 0 Å². The minimum atomic E-state index is 0.608. The highest BCUT2D eigenvalue weighted by Gasteiger charge is 2.16. The van der Waals surface area contributed by atoms with Crippen LogP contribution in [0.1, 0.15) is 30.9 Å². The fourth-order valence-corrected chi connectivity index (χ4v) is 3.43. The van der Waals surface area contributed by atoms with Gasteiger partial charge in [-0.3, -0.25) is 4.90 Å². The number of piperidine rings is 1. The van der Waals surface area contributed by atoms with Crippen molar-refractivity contribution in [2.45, 2.75) is 32.9 Å². The summed E-state index contributed by atoms with van der Waals surface area (Å²) in [5, 5.41) is 0. The third-order valence-electron chi connectivity index (χ3n) is 4.54. The van der Waals surface area contributed by atoms with Gasteiger partial charge in [0.05, 0.1) is 0 Å². The van der Waals surface area contributed by atoms with E-state index in [9.17, 15) is 0 Å². The molecule has 0 bridgehead atoms. The van der Waals surface area contributed by atoms with Crippen LogP contribution in [0.25, 0.3) is 0 Å². The molecule has 0 aromatic heterocycles. The van der Waals surface area contributed by atoms with Crippen LogP contribution in [0.3, 0.4) is 0 Å². The van der Waals surface area contributed by atoms with Gasteiger partial charge in [0.1, 0.15) is 12.4 Å². The van der Waals surface area contributed by atoms with Gasteiger partial charge in [-0.1, -0.05) is 59.3 Å². The Labute approximate surface area is 147 Å². The molecule has 2 nitrogen and oxygen atoms in total. The van der Waals surface area contributed by atoms with Gasteiger partial charge in [-0.15, -0.1) is 0 Å². The average molecular weight is 374 g/mol. The first-order valence-corrected chi connectivity index (χ1v) is 9.17. The molecule has 0 unspecified atom stereocenters. The van der Waals surface area contributed by atoms with Crippen molar-refractivity contribution in [2.24, 2.45) is 5.92 Å². The van der Waals surface area contributed by atoms with E-state index < -0.39 is 0 Å². The predicted molar refractivity (Wildman–Crippen MR) is 98.6 cm³/mol. The number of benzene rings is 2. The Balaban J connectivity index is 1.57. The molecular weight excluding hydrogens is 350 g/mol. The molecule has 0 N–H and O–H groups in total. The highest BCUT2D eigenvalue weighted by Crippen LogP contribution is 2.26. The Bertz CT molecular complexity index is 621. The number of nitrogens with zero attached hydrogens (tertiary/aromatic N) is 1. The summed E-state index contributed by atoms with van der Waals surface area (Å²) in [5.41, 5.74) is 2.53. The Hall–Kier alpha value is -1.32.